The number of hydrogen-bond donors (Lipinski definition) is 1. The molecule has 2 aromatic carbocycles. The molecule has 0 saturated carbocycles. The number of fused-ring (bicyclic) bond motifs is 1. The summed E-state index contributed by atoms with van der Waals surface area (Å²) in [6.07, 6.45) is 0. The van der Waals surface area contributed by atoms with Crippen LogP contribution in [0.2, 0.25) is 0 Å². The number of anilines is 1. The molecule has 0 fully saturated rings. The van der Waals surface area contributed by atoms with Gasteiger partial charge in [0.2, 0.25) is 5.91 Å². The topological polar surface area (TPSA) is 75.0 Å². The molecule has 3 aromatic rings. The average Bonchev–Trinajstić information content (AvgIpc) is 2.67. The molecule has 0 saturated heterocycles. The number of carbonyl (C=O) groups excluding carboxylic acids is 1. The fourth-order valence-corrected chi connectivity index (χ4v) is 3.48. The van der Waals surface area contributed by atoms with Gasteiger partial charge >= 0.3 is 0 Å². The average molecular weight is 377 g/mol. The Morgan fingerprint density at radius 2 is 2.04 bits per heavy atom. The summed E-state index contributed by atoms with van der Waals surface area (Å²) in [4.78, 5) is 16.9. The molecule has 0 aliphatic heterocycles. The maximum atomic E-state index is 12.3. The molecule has 0 aliphatic rings. The number of aryl methyl sites for hydroxylation is 2. The lowest BCUT2D eigenvalue weighted by Crippen LogP contribution is -2.15. The number of methoxy groups -OCH3 is 1. The molecular formula is C21H19N3O2S. The third kappa shape index (κ3) is 4.39. The van der Waals surface area contributed by atoms with Crippen molar-refractivity contribution in [2.24, 2.45) is 0 Å². The van der Waals surface area contributed by atoms with E-state index in [1.807, 2.05) is 50.2 Å². The minimum absolute atomic E-state index is 0.136. The van der Waals surface area contributed by atoms with Gasteiger partial charge in [-0.25, -0.2) is 4.98 Å². The van der Waals surface area contributed by atoms with E-state index in [4.69, 9.17) is 4.74 Å². The van der Waals surface area contributed by atoms with Crippen molar-refractivity contribution in [3.8, 4) is 11.8 Å². The molecule has 0 atom stereocenters. The zero-order valence-electron chi connectivity index (χ0n) is 15.4. The van der Waals surface area contributed by atoms with Crippen LogP contribution in [0.5, 0.6) is 5.75 Å². The summed E-state index contributed by atoms with van der Waals surface area (Å²) in [5.74, 6) is 0.733. The Morgan fingerprint density at radius 3 is 2.74 bits per heavy atom. The van der Waals surface area contributed by atoms with Gasteiger partial charge < -0.3 is 10.1 Å². The fourth-order valence-electron chi connectivity index (χ4n) is 2.72. The lowest BCUT2D eigenvalue weighted by Gasteiger charge is -2.10. The first-order chi connectivity index (χ1) is 13.0. The van der Waals surface area contributed by atoms with Crippen molar-refractivity contribution in [2.75, 3.05) is 18.2 Å². The lowest BCUT2D eigenvalue weighted by molar-refractivity contribution is -0.113. The molecule has 0 radical (unpaired) electrons. The lowest BCUT2D eigenvalue weighted by atomic mass is 10.1. The Labute approximate surface area is 162 Å². The zero-order valence-corrected chi connectivity index (χ0v) is 16.2. The van der Waals surface area contributed by atoms with Gasteiger partial charge in [0.1, 0.15) is 16.8 Å². The highest BCUT2D eigenvalue weighted by Gasteiger charge is 2.12. The van der Waals surface area contributed by atoms with Crippen LogP contribution >= 0.6 is 11.8 Å². The minimum Gasteiger partial charge on any atom is -0.497 e. The first kappa shape index (κ1) is 18.7. The predicted octanol–water partition coefficient (Wildman–Crippen LogP) is 4.46. The van der Waals surface area contributed by atoms with Crippen molar-refractivity contribution in [1.82, 2.24) is 4.98 Å². The Hall–Kier alpha value is -3.04. The quantitative estimate of drug-likeness (QED) is 0.664. The smallest absolute Gasteiger partial charge is 0.234 e. The maximum absolute atomic E-state index is 12.3. The van der Waals surface area contributed by atoms with Crippen molar-refractivity contribution < 1.29 is 9.53 Å². The van der Waals surface area contributed by atoms with E-state index < -0.39 is 0 Å². The number of benzene rings is 2. The molecule has 0 unspecified atom stereocenters. The maximum Gasteiger partial charge on any atom is 0.234 e. The molecule has 1 amide bonds. The number of amides is 1. The van der Waals surface area contributed by atoms with Crippen LogP contribution in [0.25, 0.3) is 10.9 Å². The molecule has 1 aromatic heterocycles. The van der Waals surface area contributed by atoms with E-state index in [1.54, 1.807) is 13.2 Å². The summed E-state index contributed by atoms with van der Waals surface area (Å²) >= 11 is 1.25. The van der Waals surface area contributed by atoms with Crippen LogP contribution in [0.4, 0.5) is 5.69 Å². The first-order valence-electron chi connectivity index (χ1n) is 8.39. The standard InChI is InChI=1S/C21H19N3O2S/c1-13-4-7-18(14(2)8-13)23-20(25)12-27-21-16(11-22)9-15-5-6-17(26-3)10-19(15)24-21/h4-10H,12H2,1-3H3,(H,23,25). The Bertz CT molecular complexity index is 1060. The number of thioether (sulfide) groups is 1. The molecular weight excluding hydrogens is 358 g/mol. The second kappa shape index (κ2) is 8.11. The van der Waals surface area contributed by atoms with Gasteiger partial charge in [0.05, 0.1) is 23.9 Å². The second-order valence-electron chi connectivity index (χ2n) is 6.17. The minimum atomic E-state index is -0.136. The number of pyridine rings is 1. The largest absolute Gasteiger partial charge is 0.497 e. The van der Waals surface area contributed by atoms with Crippen LogP contribution in [-0.2, 0) is 4.79 Å². The highest BCUT2D eigenvalue weighted by molar-refractivity contribution is 8.00. The summed E-state index contributed by atoms with van der Waals surface area (Å²) in [5, 5.41) is 13.7. The SMILES string of the molecule is COc1ccc2cc(C#N)c(SCC(=O)Nc3ccc(C)cc3C)nc2c1. The van der Waals surface area contributed by atoms with Gasteiger partial charge in [-0.1, -0.05) is 29.5 Å². The van der Waals surface area contributed by atoms with Crippen molar-refractivity contribution in [3.63, 3.8) is 0 Å². The molecule has 3 rings (SSSR count). The van der Waals surface area contributed by atoms with E-state index in [2.05, 4.69) is 16.4 Å². The summed E-state index contributed by atoms with van der Waals surface area (Å²) in [7, 11) is 1.60. The third-order valence-electron chi connectivity index (χ3n) is 4.11. The van der Waals surface area contributed by atoms with E-state index in [0.29, 0.717) is 16.3 Å². The van der Waals surface area contributed by atoms with E-state index in [9.17, 15) is 10.1 Å². The Kier molecular flexibility index (Phi) is 5.63. The van der Waals surface area contributed by atoms with Crippen molar-refractivity contribution in [1.29, 1.82) is 5.26 Å². The van der Waals surface area contributed by atoms with Gasteiger partial charge in [-0.2, -0.15) is 5.26 Å². The summed E-state index contributed by atoms with van der Waals surface area (Å²) < 4.78 is 5.23. The zero-order chi connectivity index (χ0) is 19.4. The Balaban J connectivity index is 1.77. The van der Waals surface area contributed by atoms with Crippen LogP contribution in [0.15, 0.2) is 47.5 Å². The van der Waals surface area contributed by atoms with Crippen molar-refractivity contribution >= 4 is 34.3 Å². The molecule has 27 heavy (non-hydrogen) atoms. The first-order valence-corrected chi connectivity index (χ1v) is 9.37. The van der Waals surface area contributed by atoms with Crippen molar-refractivity contribution in [2.45, 2.75) is 18.9 Å². The highest BCUT2D eigenvalue weighted by Crippen LogP contribution is 2.27. The van der Waals surface area contributed by atoms with E-state index >= 15 is 0 Å². The van der Waals surface area contributed by atoms with Crippen LogP contribution in [0, 0.1) is 25.2 Å². The summed E-state index contributed by atoms with van der Waals surface area (Å²) in [6, 6.07) is 15.3. The number of aromatic nitrogens is 1. The fraction of sp³-hybridized carbons (Fsp3) is 0.190. The van der Waals surface area contributed by atoms with Gasteiger partial charge in [-0.15, -0.1) is 0 Å². The monoisotopic (exact) mass is 377 g/mol. The molecule has 0 spiro atoms. The summed E-state index contributed by atoms with van der Waals surface area (Å²) in [6.45, 7) is 3.97. The second-order valence-corrected chi connectivity index (χ2v) is 7.13. The van der Waals surface area contributed by atoms with Gasteiger partial charge in [0.15, 0.2) is 0 Å². The number of ether oxygens (including phenoxy) is 1. The highest BCUT2D eigenvalue weighted by atomic mass is 32.2. The molecule has 1 N–H and O–H groups in total. The van der Waals surface area contributed by atoms with E-state index in [-0.39, 0.29) is 11.7 Å². The molecule has 5 nitrogen and oxygen atoms in total. The van der Waals surface area contributed by atoms with E-state index in [1.165, 1.54) is 11.8 Å². The third-order valence-corrected chi connectivity index (χ3v) is 5.10. The number of carbonyl (C=O) groups is 1. The van der Waals surface area contributed by atoms with Gasteiger partial charge in [-0.3, -0.25) is 4.79 Å². The molecule has 0 aliphatic carbocycles. The normalized spacial score (nSPS) is 10.4. The van der Waals surface area contributed by atoms with Crippen LogP contribution in [0.1, 0.15) is 16.7 Å². The number of rotatable bonds is 5. The molecule has 136 valence electrons. The number of nitrogens with one attached hydrogen (secondary N) is 1. The summed E-state index contributed by atoms with van der Waals surface area (Å²) in [5.41, 5.74) is 4.14. The van der Waals surface area contributed by atoms with Crippen LogP contribution in [-0.4, -0.2) is 23.8 Å². The van der Waals surface area contributed by atoms with Crippen LogP contribution in [0.3, 0.4) is 0 Å². The van der Waals surface area contributed by atoms with Gasteiger partial charge in [0, 0.05) is 17.1 Å². The van der Waals surface area contributed by atoms with Gasteiger partial charge in [-0.05, 0) is 43.7 Å². The van der Waals surface area contributed by atoms with Crippen molar-refractivity contribution in [3.05, 3.63) is 59.2 Å². The molecule has 6 heteroatoms. The number of nitrogens with zero attached hydrogens (tertiary/aromatic N) is 2. The molecule has 0 bridgehead atoms. The number of nitriles is 1. The van der Waals surface area contributed by atoms with E-state index in [0.717, 1.165) is 27.7 Å². The number of hydrogen-bond acceptors (Lipinski definition) is 5. The van der Waals surface area contributed by atoms with Gasteiger partial charge in [0.25, 0.3) is 0 Å². The van der Waals surface area contributed by atoms with Crippen LogP contribution < -0.4 is 10.1 Å². The Morgan fingerprint density at radius 1 is 1.22 bits per heavy atom. The predicted molar refractivity (Wildman–Crippen MR) is 108 cm³/mol. The molecule has 1 heterocycles.